The second kappa shape index (κ2) is 8.00. The van der Waals surface area contributed by atoms with Crippen molar-refractivity contribution in [2.45, 2.75) is 31.3 Å². The lowest BCUT2D eigenvalue weighted by molar-refractivity contribution is -0.132. The standard InChI is InChI=1S/C6H12O5.C4H4O/c1-3(8)5(10)6(11)4(9)2-7;1-2-4-5-3-1/h2-6,8-11H,1H3;1-4H. The van der Waals surface area contributed by atoms with Crippen LogP contribution in [0.4, 0.5) is 0 Å². The van der Waals surface area contributed by atoms with E-state index in [-0.39, 0.29) is 6.29 Å². The molecule has 92 valence electrons. The Morgan fingerprint density at radius 2 is 1.56 bits per heavy atom. The molecule has 0 amide bonds. The molecule has 0 fully saturated rings. The maximum atomic E-state index is 9.87. The lowest BCUT2D eigenvalue weighted by atomic mass is 10.1. The molecule has 1 heterocycles. The Hall–Kier alpha value is -1.21. The second-order valence-electron chi connectivity index (χ2n) is 3.14. The van der Waals surface area contributed by atoms with Gasteiger partial charge in [0, 0.05) is 0 Å². The minimum absolute atomic E-state index is 0.0935. The quantitative estimate of drug-likeness (QED) is 0.492. The molecule has 0 aliphatic heterocycles. The highest BCUT2D eigenvalue weighted by molar-refractivity contribution is 5.56. The first kappa shape index (κ1) is 14.8. The van der Waals surface area contributed by atoms with Crippen molar-refractivity contribution in [3.8, 4) is 0 Å². The molecule has 0 bridgehead atoms. The number of carbonyl (C=O) groups is 1. The molecule has 16 heavy (non-hydrogen) atoms. The van der Waals surface area contributed by atoms with Crippen LogP contribution < -0.4 is 0 Å². The Bertz CT molecular complexity index is 241. The summed E-state index contributed by atoms with van der Waals surface area (Å²) in [6.07, 6.45) is -2.63. The molecule has 0 aromatic carbocycles. The average molecular weight is 232 g/mol. The van der Waals surface area contributed by atoms with Gasteiger partial charge in [-0.1, -0.05) is 0 Å². The fourth-order valence-electron chi connectivity index (χ4n) is 0.795. The summed E-state index contributed by atoms with van der Waals surface area (Å²) >= 11 is 0. The van der Waals surface area contributed by atoms with Crippen molar-refractivity contribution in [2.24, 2.45) is 0 Å². The molecule has 0 radical (unpaired) electrons. The van der Waals surface area contributed by atoms with Gasteiger partial charge < -0.3 is 29.6 Å². The van der Waals surface area contributed by atoms with Crippen molar-refractivity contribution in [1.82, 2.24) is 0 Å². The number of hydrogen-bond donors (Lipinski definition) is 4. The monoisotopic (exact) mass is 232 g/mol. The van der Waals surface area contributed by atoms with E-state index < -0.39 is 24.4 Å². The summed E-state index contributed by atoms with van der Waals surface area (Å²) < 4.78 is 4.58. The van der Waals surface area contributed by atoms with Crippen LogP contribution in [-0.4, -0.2) is 51.1 Å². The van der Waals surface area contributed by atoms with Crippen molar-refractivity contribution in [3.05, 3.63) is 24.7 Å². The first-order chi connectivity index (χ1) is 7.50. The molecule has 4 N–H and O–H groups in total. The van der Waals surface area contributed by atoms with E-state index >= 15 is 0 Å². The van der Waals surface area contributed by atoms with Gasteiger partial charge in [0.2, 0.25) is 0 Å². The first-order valence-corrected chi connectivity index (χ1v) is 4.65. The summed E-state index contributed by atoms with van der Waals surface area (Å²) in [7, 11) is 0. The molecule has 0 aliphatic rings. The largest absolute Gasteiger partial charge is 0.473 e. The van der Waals surface area contributed by atoms with Gasteiger partial charge in [-0.15, -0.1) is 0 Å². The number of rotatable bonds is 4. The van der Waals surface area contributed by atoms with E-state index in [0.717, 1.165) is 0 Å². The van der Waals surface area contributed by atoms with Crippen molar-refractivity contribution in [3.63, 3.8) is 0 Å². The molecule has 1 aromatic heterocycles. The lowest BCUT2D eigenvalue weighted by Crippen LogP contribution is -2.43. The van der Waals surface area contributed by atoms with Gasteiger partial charge in [-0.05, 0) is 19.1 Å². The summed E-state index contributed by atoms with van der Waals surface area (Å²) in [5, 5.41) is 35.1. The summed E-state index contributed by atoms with van der Waals surface area (Å²) in [6.45, 7) is 1.24. The van der Waals surface area contributed by atoms with Gasteiger partial charge >= 0.3 is 0 Å². The van der Waals surface area contributed by atoms with E-state index in [4.69, 9.17) is 20.4 Å². The van der Waals surface area contributed by atoms with Gasteiger partial charge in [-0.2, -0.15) is 0 Å². The van der Waals surface area contributed by atoms with E-state index in [1.165, 1.54) is 6.92 Å². The zero-order valence-electron chi connectivity index (χ0n) is 8.80. The zero-order valence-corrected chi connectivity index (χ0v) is 8.80. The second-order valence-corrected chi connectivity index (χ2v) is 3.14. The van der Waals surface area contributed by atoms with Gasteiger partial charge in [-0.25, -0.2) is 0 Å². The Morgan fingerprint density at radius 3 is 1.81 bits per heavy atom. The molecule has 1 aromatic rings. The summed E-state index contributed by atoms with van der Waals surface area (Å²) in [5.74, 6) is 0. The molecule has 1 rings (SSSR count). The summed E-state index contributed by atoms with van der Waals surface area (Å²) in [4.78, 5) is 9.87. The Kier molecular flexibility index (Phi) is 7.40. The number of aldehydes is 1. The van der Waals surface area contributed by atoms with Crippen LogP contribution in [0.15, 0.2) is 29.1 Å². The average Bonchev–Trinajstić information content (AvgIpc) is 2.84. The predicted molar refractivity (Wildman–Crippen MR) is 54.5 cm³/mol. The minimum Gasteiger partial charge on any atom is -0.473 e. The number of hydrogen-bond acceptors (Lipinski definition) is 6. The zero-order chi connectivity index (χ0) is 12.6. The topological polar surface area (TPSA) is 111 Å². The number of aliphatic hydroxyl groups excluding tert-OH is 4. The molecule has 6 heteroatoms. The highest BCUT2D eigenvalue weighted by Crippen LogP contribution is 2.02. The molecule has 0 spiro atoms. The van der Waals surface area contributed by atoms with Gasteiger partial charge in [0.05, 0.1) is 18.6 Å². The highest BCUT2D eigenvalue weighted by atomic mass is 16.4. The predicted octanol–water partition coefficient (Wildman–Crippen LogP) is -1.07. The third kappa shape index (κ3) is 5.62. The molecule has 4 unspecified atom stereocenters. The van der Waals surface area contributed by atoms with Crippen LogP contribution in [0.25, 0.3) is 0 Å². The van der Waals surface area contributed by atoms with E-state index in [9.17, 15) is 4.79 Å². The number of aliphatic hydroxyl groups is 4. The Morgan fingerprint density at radius 1 is 1.06 bits per heavy atom. The van der Waals surface area contributed by atoms with E-state index in [0.29, 0.717) is 0 Å². The molecular formula is C10H16O6. The van der Waals surface area contributed by atoms with Crippen LogP contribution in [-0.2, 0) is 4.79 Å². The van der Waals surface area contributed by atoms with Crippen molar-refractivity contribution in [1.29, 1.82) is 0 Å². The van der Waals surface area contributed by atoms with E-state index in [1.807, 2.05) is 12.1 Å². The number of furan rings is 1. The third-order valence-corrected chi connectivity index (χ3v) is 1.76. The van der Waals surface area contributed by atoms with Gasteiger partial charge in [0.25, 0.3) is 0 Å². The normalized spacial score (nSPS) is 17.6. The molecule has 0 saturated heterocycles. The fourth-order valence-corrected chi connectivity index (χ4v) is 0.795. The van der Waals surface area contributed by atoms with E-state index in [2.05, 4.69) is 4.42 Å². The smallest absolute Gasteiger partial charge is 0.151 e. The molecule has 0 aliphatic carbocycles. The molecule has 0 saturated carbocycles. The van der Waals surface area contributed by atoms with Crippen LogP contribution >= 0.6 is 0 Å². The van der Waals surface area contributed by atoms with Crippen molar-refractivity contribution in [2.75, 3.05) is 0 Å². The highest BCUT2D eigenvalue weighted by Gasteiger charge is 2.27. The van der Waals surface area contributed by atoms with Crippen molar-refractivity contribution < 1.29 is 29.6 Å². The van der Waals surface area contributed by atoms with Gasteiger partial charge in [0.1, 0.15) is 18.3 Å². The van der Waals surface area contributed by atoms with Crippen LogP contribution in [0.1, 0.15) is 6.92 Å². The lowest BCUT2D eigenvalue weighted by Gasteiger charge is -2.21. The number of carbonyl (C=O) groups excluding carboxylic acids is 1. The van der Waals surface area contributed by atoms with Crippen LogP contribution in [0, 0.1) is 0 Å². The maximum Gasteiger partial charge on any atom is 0.151 e. The SMILES string of the molecule is CC(O)C(O)C(O)C(O)C=O.c1ccoc1. The van der Waals surface area contributed by atoms with Crippen molar-refractivity contribution >= 4 is 6.29 Å². The fraction of sp³-hybridized carbons (Fsp3) is 0.500. The van der Waals surface area contributed by atoms with Crippen LogP contribution in [0.5, 0.6) is 0 Å². The molecular weight excluding hydrogens is 216 g/mol. The maximum absolute atomic E-state index is 9.87. The van der Waals surface area contributed by atoms with Gasteiger partial charge in [0.15, 0.2) is 6.29 Å². The Balaban J connectivity index is 0.000000368. The third-order valence-electron chi connectivity index (χ3n) is 1.76. The Labute approximate surface area is 92.8 Å². The molecule has 4 atom stereocenters. The summed E-state index contributed by atoms with van der Waals surface area (Å²) in [5.41, 5.74) is 0. The van der Waals surface area contributed by atoms with Crippen LogP contribution in [0.2, 0.25) is 0 Å². The first-order valence-electron chi connectivity index (χ1n) is 4.65. The van der Waals surface area contributed by atoms with Gasteiger partial charge in [-0.3, -0.25) is 0 Å². The molecule has 6 nitrogen and oxygen atoms in total. The summed E-state index contributed by atoms with van der Waals surface area (Å²) in [6, 6.07) is 3.67. The minimum atomic E-state index is -1.65. The van der Waals surface area contributed by atoms with Crippen LogP contribution in [0.3, 0.4) is 0 Å². The van der Waals surface area contributed by atoms with E-state index in [1.54, 1.807) is 12.5 Å².